The summed E-state index contributed by atoms with van der Waals surface area (Å²) in [6.07, 6.45) is 11.3. The van der Waals surface area contributed by atoms with Crippen molar-refractivity contribution in [1.82, 2.24) is 0 Å². The standard InChI is InChI=1S/C19H25FO3/c20-16-10-9-14(18(21)22)13-17(16)23-19(11-5-2-6-12-19)15-7-3-1-4-8-15/h9-10,13,15H,1-8,11-12H2,(H,21,22). The van der Waals surface area contributed by atoms with E-state index in [4.69, 9.17) is 9.84 Å². The van der Waals surface area contributed by atoms with E-state index in [-0.39, 0.29) is 16.9 Å². The summed E-state index contributed by atoms with van der Waals surface area (Å²) in [6, 6.07) is 3.84. The van der Waals surface area contributed by atoms with Crippen LogP contribution in [0.15, 0.2) is 18.2 Å². The second kappa shape index (κ2) is 6.90. The number of halogens is 1. The van der Waals surface area contributed by atoms with Crippen LogP contribution in [0.5, 0.6) is 5.75 Å². The van der Waals surface area contributed by atoms with Crippen LogP contribution >= 0.6 is 0 Å². The van der Waals surface area contributed by atoms with Gasteiger partial charge in [-0.15, -0.1) is 0 Å². The van der Waals surface area contributed by atoms with E-state index in [0.29, 0.717) is 5.92 Å². The van der Waals surface area contributed by atoms with Gasteiger partial charge in [-0.1, -0.05) is 25.7 Å². The van der Waals surface area contributed by atoms with Gasteiger partial charge in [-0.2, -0.15) is 0 Å². The Kier molecular flexibility index (Phi) is 4.88. The molecule has 23 heavy (non-hydrogen) atoms. The number of carboxylic acids is 1. The average molecular weight is 320 g/mol. The Morgan fingerprint density at radius 1 is 1.09 bits per heavy atom. The lowest BCUT2D eigenvalue weighted by atomic mass is 9.69. The van der Waals surface area contributed by atoms with Crippen molar-refractivity contribution in [2.75, 3.05) is 0 Å². The van der Waals surface area contributed by atoms with Crippen molar-refractivity contribution >= 4 is 5.97 Å². The van der Waals surface area contributed by atoms with Crippen molar-refractivity contribution in [3.05, 3.63) is 29.6 Å². The maximum atomic E-state index is 14.2. The van der Waals surface area contributed by atoms with Crippen molar-refractivity contribution < 1.29 is 19.0 Å². The maximum Gasteiger partial charge on any atom is 0.335 e. The second-order valence-corrected chi connectivity index (χ2v) is 7.01. The zero-order valence-electron chi connectivity index (χ0n) is 13.5. The molecule has 0 radical (unpaired) electrons. The molecule has 2 aliphatic carbocycles. The fourth-order valence-electron chi connectivity index (χ4n) is 4.31. The molecule has 0 unspecified atom stereocenters. The highest BCUT2D eigenvalue weighted by Crippen LogP contribution is 2.45. The van der Waals surface area contributed by atoms with Gasteiger partial charge in [0, 0.05) is 0 Å². The molecular weight excluding hydrogens is 295 g/mol. The number of hydrogen-bond donors (Lipinski definition) is 1. The van der Waals surface area contributed by atoms with Crippen molar-refractivity contribution in [3.63, 3.8) is 0 Å². The molecule has 1 N–H and O–H groups in total. The van der Waals surface area contributed by atoms with Gasteiger partial charge in [-0.25, -0.2) is 9.18 Å². The number of hydrogen-bond acceptors (Lipinski definition) is 2. The molecule has 3 rings (SSSR count). The van der Waals surface area contributed by atoms with Gasteiger partial charge in [0.25, 0.3) is 0 Å². The normalized spacial score (nSPS) is 21.8. The Balaban J connectivity index is 1.89. The molecule has 0 amide bonds. The minimum atomic E-state index is -1.05. The molecule has 0 aromatic heterocycles. The minimum Gasteiger partial charge on any atom is -0.484 e. The van der Waals surface area contributed by atoms with Crippen molar-refractivity contribution in [3.8, 4) is 5.75 Å². The highest BCUT2D eigenvalue weighted by Gasteiger charge is 2.42. The van der Waals surface area contributed by atoms with Crippen LogP contribution in [0, 0.1) is 11.7 Å². The average Bonchev–Trinajstić information content (AvgIpc) is 2.58. The molecule has 0 atom stereocenters. The Bertz CT molecular complexity index is 558. The first kappa shape index (κ1) is 16.3. The number of ether oxygens (including phenoxy) is 1. The molecule has 0 spiro atoms. The third-order valence-corrected chi connectivity index (χ3v) is 5.54. The highest BCUT2D eigenvalue weighted by molar-refractivity contribution is 5.88. The largest absolute Gasteiger partial charge is 0.484 e. The number of aromatic carboxylic acids is 1. The number of carboxylic acid groups (broad SMARTS) is 1. The van der Waals surface area contributed by atoms with Crippen molar-refractivity contribution in [2.24, 2.45) is 5.92 Å². The Labute approximate surface area is 136 Å². The van der Waals surface area contributed by atoms with Crippen LogP contribution < -0.4 is 4.74 Å². The first-order valence-electron chi connectivity index (χ1n) is 8.83. The Hall–Kier alpha value is -1.58. The molecule has 0 saturated heterocycles. The van der Waals surface area contributed by atoms with Gasteiger partial charge in [0.1, 0.15) is 5.60 Å². The maximum absolute atomic E-state index is 14.2. The molecule has 1 aromatic carbocycles. The van der Waals surface area contributed by atoms with Gasteiger partial charge in [0.15, 0.2) is 11.6 Å². The summed E-state index contributed by atoms with van der Waals surface area (Å²) >= 11 is 0. The summed E-state index contributed by atoms with van der Waals surface area (Å²) in [5, 5.41) is 9.14. The lowest BCUT2D eigenvalue weighted by Crippen LogP contribution is -2.46. The monoisotopic (exact) mass is 320 g/mol. The van der Waals surface area contributed by atoms with Crippen LogP contribution in [0.3, 0.4) is 0 Å². The Morgan fingerprint density at radius 3 is 2.39 bits per heavy atom. The van der Waals surface area contributed by atoms with E-state index >= 15 is 0 Å². The van der Waals surface area contributed by atoms with Crippen LogP contribution in [0.1, 0.15) is 74.6 Å². The summed E-state index contributed by atoms with van der Waals surface area (Å²) < 4.78 is 20.5. The van der Waals surface area contributed by atoms with Gasteiger partial charge in [0.2, 0.25) is 0 Å². The fourth-order valence-corrected chi connectivity index (χ4v) is 4.31. The van der Waals surface area contributed by atoms with E-state index in [1.807, 2.05) is 0 Å². The number of benzene rings is 1. The third kappa shape index (κ3) is 3.51. The first-order valence-corrected chi connectivity index (χ1v) is 8.83. The molecule has 1 aromatic rings. The summed E-state index contributed by atoms with van der Waals surface area (Å²) in [5.41, 5.74) is -0.229. The smallest absolute Gasteiger partial charge is 0.335 e. The van der Waals surface area contributed by atoms with Crippen molar-refractivity contribution in [1.29, 1.82) is 0 Å². The van der Waals surface area contributed by atoms with Crippen LogP contribution in [-0.2, 0) is 0 Å². The zero-order valence-corrected chi connectivity index (χ0v) is 13.5. The summed E-state index contributed by atoms with van der Waals surface area (Å²) in [5.74, 6) is -0.942. The molecule has 0 bridgehead atoms. The topological polar surface area (TPSA) is 46.5 Å². The number of rotatable bonds is 4. The first-order chi connectivity index (χ1) is 11.1. The molecule has 2 saturated carbocycles. The lowest BCUT2D eigenvalue weighted by Gasteiger charge is -2.45. The Morgan fingerprint density at radius 2 is 1.74 bits per heavy atom. The van der Waals surface area contributed by atoms with Gasteiger partial charge < -0.3 is 9.84 Å². The van der Waals surface area contributed by atoms with Gasteiger partial charge >= 0.3 is 5.97 Å². The van der Waals surface area contributed by atoms with E-state index < -0.39 is 11.8 Å². The molecule has 4 heteroatoms. The van der Waals surface area contributed by atoms with E-state index in [2.05, 4.69) is 0 Å². The van der Waals surface area contributed by atoms with Crippen LogP contribution in [0.2, 0.25) is 0 Å². The predicted molar refractivity (Wildman–Crippen MR) is 86.4 cm³/mol. The quantitative estimate of drug-likeness (QED) is 0.831. The fraction of sp³-hybridized carbons (Fsp3) is 0.632. The molecule has 126 valence electrons. The summed E-state index contributed by atoms with van der Waals surface area (Å²) in [7, 11) is 0. The number of carbonyl (C=O) groups is 1. The van der Waals surface area contributed by atoms with Crippen LogP contribution in [0.25, 0.3) is 0 Å². The van der Waals surface area contributed by atoms with E-state index in [1.54, 1.807) is 0 Å². The minimum absolute atomic E-state index is 0.0796. The molecular formula is C19H25FO3. The molecule has 3 nitrogen and oxygen atoms in total. The van der Waals surface area contributed by atoms with Crippen molar-refractivity contribution in [2.45, 2.75) is 69.8 Å². The summed E-state index contributed by atoms with van der Waals surface area (Å²) in [6.45, 7) is 0. The molecule has 0 aliphatic heterocycles. The van der Waals surface area contributed by atoms with Gasteiger partial charge in [-0.05, 0) is 62.6 Å². The van der Waals surface area contributed by atoms with E-state index in [1.165, 1.54) is 43.9 Å². The lowest BCUT2D eigenvalue weighted by molar-refractivity contribution is -0.0406. The molecule has 2 fully saturated rings. The third-order valence-electron chi connectivity index (χ3n) is 5.54. The SMILES string of the molecule is O=C(O)c1ccc(F)c(OC2(C3CCCCC3)CCCCC2)c1. The highest BCUT2D eigenvalue weighted by atomic mass is 19.1. The summed E-state index contributed by atoms with van der Waals surface area (Å²) in [4.78, 5) is 11.2. The molecule has 2 aliphatic rings. The second-order valence-electron chi connectivity index (χ2n) is 7.01. The van der Waals surface area contributed by atoms with E-state index in [0.717, 1.165) is 38.5 Å². The van der Waals surface area contributed by atoms with E-state index in [9.17, 15) is 9.18 Å². The zero-order chi connectivity index (χ0) is 16.3. The predicted octanol–water partition coefficient (Wildman–Crippen LogP) is 5.19. The van der Waals surface area contributed by atoms with Crippen LogP contribution in [0.4, 0.5) is 4.39 Å². The van der Waals surface area contributed by atoms with Gasteiger partial charge in [0.05, 0.1) is 5.56 Å². The molecule has 0 heterocycles. The van der Waals surface area contributed by atoms with Gasteiger partial charge in [-0.3, -0.25) is 0 Å². The van der Waals surface area contributed by atoms with Crippen LogP contribution in [-0.4, -0.2) is 16.7 Å².